The van der Waals surface area contributed by atoms with Crippen LogP contribution in [0.4, 0.5) is 0 Å². The molecule has 0 aliphatic carbocycles. The third-order valence-electron chi connectivity index (χ3n) is 5.75. The van der Waals surface area contributed by atoms with Gasteiger partial charge in [0.15, 0.2) is 24.1 Å². The number of allylic oxidation sites excluding steroid dienone is 1. The fraction of sp³-hybridized carbons (Fsp3) is 0.154. The van der Waals surface area contributed by atoms with Gasteiger partial charge in [-0.05, 0) is 55.0 Å². The summed E-state index contributed by atoms with van der Waals surface area (Å²) in [5, 5.41) is 0. The number of aryl methyl sites for hydroxylation is 1. The first-order valence-corrected chi connectivity index (χ1v) is 11.5. The van der Waals surface area contributed by atoms with Crippen LogP contribution in [-0.2, 0) is 11.3 Å². The van der Waals surface area contributed by atoms with Crippen molar-refractivity contribution in [3.05, 3.63) is 80.5 Å². The first kappa shape index (κ1) is 21.7. The number of halogens is 1. The van der Waals surface area contributed by atoms with Gasteiger partial charge < -0.3 is 28.4 Å². The number of hydrogen-bond donors (Lipinski definition) is 0. The molecular weight excluding hydrogens is 520 g/mol. The summed E-state index contributed by atoms with van der Waals surface area (Å²) in [6.07, 6.45) is 1.65. The molecule has 0 spiro atoms. The lowest BCUT2D eigenvalue weighted by molar-refractivity contribution is -0.0165. The second kappa shape index (κ2) is 8.44. The van der Waals surface area contributed by atoms with Gasteiger partial charge in [0, 0.05) is 21.7 Å². The van der Waals surface area contributed by atoms with E-state index < -0.39 is 5.97 Å². The van der Waals surface area contributed by atoms with Crippen molar-refractivity contribution in [3.8, 4) is 28.7 Å². The Balaban J connectivity index is 1.28. The van der Waals surface area contributed by atoms with Crippen LogP contribution in [0.15, 0.2) is 52.7 Å². The van der Waals surface area contributed by atoms with E-state index in [0.29, 0.717) is 51.9 Å². The van der Waals surface area contributed by atoms with Crippen molar-refractivity contribution in [2.24, 2.45) is 0 Å². The van der Waals surface area contributed by atoms with Crippen LogP contribution in [-0.4, -0.2) is 25.3 Å². The zero-order chi connectivity index (χ0) is 24.1. The molecule has 3 aliphatic rings. The number of rotatable bonds is 3. The third-order valence-corrected chi connectivity index (χ3v) is 6.21. The number of ether oxygens (including phenoxy) is 6. The standard InChI is InChI=1S/C26H17BrO8/c1-13-4-18(34-26(29)14-2-3-19-20(7-14)32-12-31-19)9-21-23(13)24(28)22(35-21)8-15-5-17(27)6-16-10-30-11-33-25(15)16/h2-9H,10-12H2,1H3/b22-8-. The van der Waals surface area contributed by atoms with E-state index >= 15 is 0 Å². The highest BCUT2D eigenvalue weighted by Gasteiger charge is 2.31. The van der Waals surface area contributed by atoms with Gasteiger partial charge in [0.25, 0.3) is 0 Å². The Hall–Kier alpha value is -3.82. The number of benzene rings is 3. The molecule has 0 atom stereocenters. The molecule has 6 rings (SSSR count). The molecule has 3 heterocycles. The Morgan fingerprint density at radius 3 is 2.74 bits per heavy atom. The Bertz CT molecular complexity index is 1440. The van der Waals surface area contributed by atoms with E-state index in [4.69, 9.17) is 28.4 Å². The second-order valence-corrected chi connectivity index (χ2v) is 9.02. The van der Waals surface area contributed by atoms with Gasteiger partial charge in [-0.25, -0.2) is 4.79 Å². The van der Waals surface area contributed by atoms with Gasteiger partial charge in [-0.2, -0.15) is 0 Å². The van der Waals surface area contributed by atoms with Crippen molar-refractivity contribution in [2.45, 2.75) is 13.5 Å². The number of Topliss-reactive ketones (excluding diaryl/α,β-unsaturated/α-hetero) is 1. The smallest absolute Gasteiger partial charge is 0.343 e. The number of hydrogen-bond acceptors (Lipinski definition) is 8. The zero-order valence-electron chi connectivity index (χ0n) is 18.4. The summed E-state index contributed by atoms with van der Waals surface area (Å²) in [4.78, 5) is 25.8. The van der Waals surface area contributed by atoms with Crippen molar-refractivity contribution in [3.63, 3.8) is 0 Å². The highest BCUT2D eigenvalue weighted by Crippen LogP contribution is 2.40. The fourth-order valence-electron chi connectivity index (χ4n) is 4.18. The normalized spacial score (nSPS) is 16.4. The first-order chi connectivity index (χ1) is 17.0. The molecule has 8 nitrogen and oxygen atoms in total. The quantitative estimate of drug-likeness (QED) is 0.256. The van der Waals surface area contributed by atoms with Crippen LogP contribution >= 0.6 is 15.9 Å². The predicted molar refractivity (Wildman–Crippen MR) is 126 cm³/mol. The summed E-state index contributed by atoms with van der Waals surface area (Å²) in [6, 6.07) is 11.8. The van der Waals surface area contributed by atoms with Gasteiger partial charge in [0.2, 0.25) is 12.6 Å². The van der Waals surface area contributed by atoms with Crippen molar-refractivity contribution in [1.82, 2.24) is 0 Å². The van der Waals surface area contributed by atoms with Crippen molar-refractivity contribution >= 4 is 33.8 Å². The van der Waals surface area contributed by atoms with Gasteiger partial charge in [-0.1, -0.05) is 15.9 Å². The number of fused-ring (bicyclic) bond motifs is 3. The van der Waals surface area contributed by atoms with Crippen LogP contribution in [0.1, 0.15) is 37.4 Å². The molecule has 0 fully saturated rings. The minimum Gasteiger partial charge on any atom is -0.467 e. The largest absolute Gasteiger partial charge is 0.467 e. The van der Waals surface area contributed by atoms with Crippen molar-refractivity contribution in [1.29, 1.82) is 0 Å². The molecule has 3 aromatic carbocycles. The number of carbonyl (C=O) groups is 2. The zero-order valence-corrected chi connectivity index (χ0v) is 20.0. The van der Waals surface area contributed by atoms with Crippen LogP contribution in [0, 0.1) is 6.92 Å². The fourth-order valence-corrected chi connectivity index (χ4v) is 4.71. The van der Waals surface area contributed by atoms with Gasteiger partial charge in [0.05, 0.1) is 17.7 Å². The van der Waals surface area contributed by atoms with Gasteiger partial charge >= 0.3 is 5.97 Å². The molecule has 0 bridgehead atoms. The monoisotopic (exact) mass is 536 g/mol. The predicted octanol–water partition coefficient (Wildman–Crippen LogP) is 5.19. The number of ketones is 1. The SMILES string of the molecule is Cc1cc(OC(=O)c2ccc3c(c2)OCO3)cc2c1C(=O)/C(=C/c1cc(Br)cc3c1OCOC3)O2. The van der Waals surface area contributed by atoms with E-state index in [1.54, 1.807) is 37.3 Å². The van der Waals surface area contributed by atoms with E-state index in [1.165, 1.54) is 6.07 Å². The third kappa shape index (κ3) is 3.92. The van der Waals surface area contributed by atoms with Crippen LogP contribution < -0.4 is 23.7 Å². The molecule has 35 heavy (non-hydrogen) atoms. The van der Waals surface area contributed by atoms with Crippen LogP contribution in [0.3, 0.4) is 0 Å². The average molecular weight is 537 g/mol. The number of esters is 1. The Morgan fingerprint density at radius 1 is 1.00 bits per heavy atom. The topological polar surface area (TPSA) is 89.5 Å². The van der Waals surface area contributed by atoms with E-state index in [1.807, 2.05) is 12.1 Å². The van der Waals surface area contributed by atoms with E-state index in [2.05, 4.69) is 15.9 Å². The molecule has 0 saturated heterocycles. The summed E-state index contributed by atoms with van der Waals surface area (Å²) in [6.45, 7) is 2.43. The molecule has 176 valence electrons. The summed E-state index contributed by atoms with van der Waals surface area (Å²) in [5.74, 6) is 1.62. The van der Waals surface area contributed by atoms with Crippen LogP contribution in [0.25, 0.3) is 6.08 Å². The molecule has 0 radical (unpaired) electrons. The lowest BCUT2D eigenvalue weighted by Crippen LogP contribution is -2.12. The van der Waals surface area contributed by atoms with Gasteiger partial charge in [0.1, 0.15) is 17.2 Å². The Kier molecular flexibility index (Phi) is 5.23. The van der Waals surface area contributed by atoms with E-state index in [-0.39, 0.29) is 30.9 Å². The van der Waals surface area contributed by atoms with Gasteiger partial charge in [-0.15, -0.1) is 0 Å². The molecule has 0 saturated carbocycles. The molecule has 3 aliphatic heterocycles. The highest BCUT2D eigenvalue weighted by atomic mass is 79.9. The summed E-state index contributed by atoms with van der Waals surface area (Å²) in [5.41, 5.74) is 2.93. The molecule has 0 N–H and O–H groups in total. The van der Waals surface area contributed by atoms with E-state index in [0.717, 1.165) is 10.0 Å². The number of carbonyl (C=O) groups excluding carboxylic acids is 2. The summed E-state index contributed by atoms with van der Waals surface area (Å²) < 4.78 is 33.9. The van der Waals surface area contributed by atoms with Crippen molar-refractivity contribution in [2.75, 3.05) is 13.6 Å². The first-order valence-electron chi connectivity index (χ1n) is 10.7. The molecule has 0 aromatic heterocycles. The maximum Gasteiger partial charge on any atom is 0.343 e. The molecule has 9 heteroatoms. The molecule has 0 unspecified atom stereocenters. The van der Waals surface area contributed by atoms with Crippen molar-refractivity contribution < 1.29 is 38.0 Å². The minimum atomic E-state index is -0.567. The van der Waals surface area contributed by atoms with Gasteiger partial charge in [-0.3, -0.25) is 4.79 Å². The lowest BCUT2D eigenvalue weighted by atomic mass is 10.0. The summed E-state index contributed by atoms with van der Waals surface area (Å²) in [7, 11) is 0. The molecule has 0 amide bonds. The maximum atomic E-state index is 13.1. The second-order valence-electron chi connectivity index (χ2n) is 8.10. The molecule has 3 aromatic rings. The maximum absolute atomic E-state index is 13.1. The minimum absolute atomic E-state index is 0.113. The average Bonchev–Trinajstić information content (AvgIpc) is 3.43. The van der Waals surface area contributed by atoms with E-state index in [9.17, 15) is 9.59 Å². The summed E-state index contributed by atoms with van der Waals surface area (Å²) >= 11 is 3.48. The molecular formula is C26H17BrO8. The lowest BCUT2D eigenvalue weighted by Gasteiger charge is -2.20. The van der Waals surface area contributed by atoms with Crippen LogP contribution in [0.5, 0.6) is 28.7 Å². The highest BCUT2D eigenvalue weighted by molar-refractivity contribution is 9.10. The van der Waals surface area contributed by atoms with Crippen LogP contribution in [0.2, 0.25) is 0 Å². The Morgan fingerprint density at radius 2 is 1.86 bits per heavy atom. The Labute approximate surface area is 208 Å².